The van der Waals surface area contributed by atoms with Crippen LogP contribution in [0.2, 0.25) is 0 Å². The van der Waals surface area contributed by atoms with Crippen LogP contribution >= 0.6 is 0 Å². The molecule has 0 aromatic heterocycles. The fraction of sp³-hybridized carbons (Fsp3) is 0.857. The Labute approximate surface area is 78.3 Å². The van der Waals surface area contributed by atoms with Gasteiger partial charge in [-0.3, -0.25) is 4.79 Å². The summed E-state index contributed by atoms with van der Waals surface area (Å²) in [6, 6.07) is 0. The van der Waals surface area contributed by atoms with Crippen molar-refractivity contribution >= 4 is 5.91 Å². The van der Waals surface area contributed by atoms with Crippen molar-refractivity contribution in [1.82, 2.24) is 4.90 Å². The minimum absolute atomic E-state index is 0.250. The highest BCUT2D eigenvalue weighted by atomic mass is 19.3. The zero-order valence-corrected chi connectivity index (χ0v) is 7.46. The molecule has 0 fully saturated rings. The zero-order chi connectivity index (χ0) is 11.3. The lowest BCUT2D eigenvalue weighted by molar-refractivity contribution is -0.143. The van der Waals surface area contributed by atoms with Crippen molar-refractivity contribution in [2.75, 3.05) is 13.1 Å². The van der Waals surface area contributed by atoms with Crippen LogP contribution in [-0.2, 0) is 4.79 Å². The molecular formula is C7H11F4NO2. The topological polar surface area (TPSA) is 40.5 Å². The molecule has 0 bridgehead atoms. The molecule has 0 spiro atoms. The number of amides is 1. The van der Waals surface area contributed by atoms with Gasteiger partial charge < -0.3 is 10.0 Å². The molecule has 0 aromatic rings. The number of aliphatic hydroxyl groups excluding tert-OH is 1. The van der Waals surface area contributed by atoms with Crippen LogP contribution in [-0.4, -0.2) is 48.0 Å². The molecule has 1 amide bonds. The number of hydrogen-bond acceptors (Lipinski definition) is 2. The summed E-state index contributed by atoms with van der Waals surface area (Å²) in [7, 11) is 0. The van der Waals surface area contributed by atoms with Crippen molar-refractivity contribution in [2.24, 2.45) is 0 Å². The van der Waals surface area contributed by atoms with Gasteiger partial charge in [0.25, 0.3) is 18.8 Å². The minimum Gasteiger partial charge on any atom is -0.384 e. The molecule has 0 radical (unpaired) electrons. The maximum atomic E-state index is 11.8. The Morgan fingerprint density at radius 2 is 1.57 bits per heavy atom. The summed E-state index contributed by atoms with van der Waals surface area (Å²) in [4.78, 5) is 11.2. The van der Waals surface area contributed by atoms with Crippen LogP contribution < -0.4 is 0 Å². The maximum Gasteiger partial charge on any atom is 0.255 e. The Balaban J connectivity index is 4.31. The first-order valence-electron chi connectivity index (χ1n) is 3.87. The third-order valence-electron chi connectivity index (χ3n) is 1.39. The van der Waals surface area contributed by atoms with Gasteiger partial charge in [-0.2, -0.15) is 0 Å². The largest absolute Gasteiger partial charge is 0.384 e. The fourth-order valence-electron chi connectivity index (χ4n) is 0.852. The smallest absolute Gasteiger partial charge is 0.255 e. The lowest BCUT2D eigenvalue weighted by Crippen LogP contribution is -2.43. The minimum atomic E-state index is -2.89. The van der Waals surface area contributed by atoms with Gasteiger partial charge in [-0.15, -0.1) is 0 Å². The molecule has 0 aliphatic heterocycles. The van der Waals surface area contributed by atoms with E-state index in [1.54, 1.807) is 0 Å². The molecule has 0 heterocycles. The molecule has 0 aliphatic rings. The van der Waals surface area contributed by atoms with Crippen molar-refractivity contribution < 1.29 is 27.5 Å². The number of alkyl halides is 4. The van der Waals surface area contributed by atoms with Crippen molar-refractivity contribution in [1.29, 1.82) is 0 Å². The van der Waals surface area contributed by atoms with Gasteiger partial charge in [-0.1, -0.05) is 0 Å². The molecule has 0 aliphatic carbocycles. The molecule has 0 rings (SSSR count). The summed E-state index contributed by atoms with van der Waals surface area (Å²) in [5.41, 5.74) is 0. The normalized spacial score (nSPS) is 13.4. The summed E-state index contributed by atoms with van der Waals surface area (Å²) in [5.74, 6) is -1.12. The highest BCUT2D eigenvalue weighted by Gasteiger charge is 2.24. The van der Waals surface area contributed by atoms with E-state index in [4.69, 9.17) is 5.11 Å². The van der Waals surface area contributed by atoms with Crippen LogP contribution in [0.1, 0.15) is 6.92 Å². The van der Waals surface area contributed by atoms with Gasteiger partial charge in [0, 0.05) is 0 Å². The fourth-order valence-corrected chi connectivity index (χ4v) is 0.852. The number of halogens is 4. The van der Waals surface area contributed by atoms with Gasteiger partial charge in [-0.05, 0) is 6.92 Å². The number of carbonyl (C=O) groups excluding carboxylic acids is 1. The summed E-state index contributed by atoms with van der Waals surface area (Å²) in [6.45, 7) is -1.14. The van der Waals surface area contributed by atoms with Crippen LogP contribution in [0.15, 0.2) is 0 Å². The van der Waals surface area contributed by atoms with Crippen molar-refractivity contribution in [2.45, 2.75) is 25.9 Å². The third-order valence-corrected chi connectivity index (χ3v) is 1.39. The summed E-state index contributed by atoms with van der Waals surface area (Å²) < 4.78 is 47.4. The van der Waals surface area contributed by atoms with Crippen LogP contribution in [0.25, 0.3) is 0 Å². The zero-order valence-electron chi connectivity index (χ0n) is 7.46. The van der Waals surface area contributed by atoms with Crippen molar-refractivity contribution in [3.8, 4) is 0 Å². The van der Waals surface area contributed by atoms with Crippen molar-refractivity contribution in [3.05, 3.63) is 0 Å². The second kappa shape index (κ2) is 5.79. The van der Waals surface area contributed by atoms with Crippen molar-refractivity contribution in [3.63, 3.8) is 0 Å². The molecule has 1 atom stereocenters. The van der Waals surface area contributed by atoms with Gasteiger partial charge in [0.15, 0.2) is 0 Å². The summed E-state index contributed by atoms with van der Waals surface area (Å²) >= 11 is 0. The van der Waals surface area contributed by atoms with E-state index in [9.17, 15) is 22.4 Å². The van der Waals surface area contributed by atoms with Crippen LogP contribution in [0.5, 0.6) is 0 Å². The molecule has 0 saturated heterocycles. The quantitative estimate of drug-likeness (QED) is 0.689. The first-order chi connectivity index (χ1) is 6.34. The Bertz CT molecular complexity index is 177. The monoisotopic (exact) mass is 217 g/mol. The number of rotatable bonds is 5. The van der Waals surface area contributed by atoms with E-state index >= 15 is 0 Å². The van der Waals surface area contributed by atoms with Gasteiger partial charge in [0.05, 0.1) is 13.1 Å². The Kier molecular flexibility index (Phi) is 5.44. The number of nitrogens with zero attached hydrogens (tertiary/aromatic N) is 1. The molecule has 0 aromatic carbocycles. The summed E-state index contributed by atoms with van der Waals surface area (Å²) in [6.07, 6.45) is -7.33. The van der Waals surface area contributed by atoms with E-state index in [0.29, 0.717) is 0 Å². The highest BCUT2D eigenvalue weighted by Crippen LogP contribution is 2.05. The van der Waals surface area contributed by atoms with Gasteiger partial charge in [0.1, 0.15) is 6.10 Å². The molecule has 14 heavy (non-hydrogen) atoms. The SMILES string of the molecule is CC(O)C(=O)N(CC(F)F)CC(F)F. The van der Waals surface area contributed by atoms with Gasteiger partial charge in [0.2, 0.25) is 0 Å². The van der Waals surface area contributed by atoms with E-state index in [1.165, 1.54) is 0 Å². The van der Waals surface area contributed by atoms with E-state index in [1.807, 2.05) is 0 Å². The first kappa shape index (κ1) is 13.2. The molecule has 1 N–H and O–H groups in total. The maximum absolute atomic E-state index is 11.8. The van der Waals surface area contributed by atoms with Crippen LogP contribution in [0.3, 0.4) is 0 Å². The second-order valence-electron chi connectivity index (χ2n) is 2.70. The van der Waals surface area contributed by atoms with E-state index in [2.05, 4.69) is 0 Å². The molecule has 7 heteroatoms. The molecule has 1 unspecified atom stereocenters. The number of aliphatic hydroxyl groups is 1. The number of carbonyl (C=O) groups is 1. The number of hydrogen-bond donors (Lipinski definition) is 1. The Morgan fingerprint density at radius 3 is 1.79 bits per heavy atom. The van der Waals surface area contributed by atoms with E-state index < -0.39 is 38.0 Å². The Hall–Kier alpha value is -0.850. The van der Waals surface area contributed by atoms with Crippen LogP contribution in [0.4, 0.5) is 17.6 Å². The lowest BCUT2D eigenvalue weighted by Gasteiger charge is -2.22. The molecular weight excluding hydrogens is 206 g/mol. The molecule has 3 nitrogen and oxygen atoms in total. The standard InChI is InChI=1S/C7H11F4NO2/c1-4(13)7(14)12(2-5(8)9)3-6(10)11/h4-6,13H,2-3H2,1H3. The first-order valence-corrected chi connectivity index (χ1v) is 3.87. The van der Waals surface area contributed by atoms with Gasteiger partial charge in [-0.25, -0.2) is 17.6 Å². The average Bonchev–Trinajstić information content (AvgIpc) is 1.99. The molecule has 0 saturated carbocycles. The van der Waals surface area contributed by atoms with Crippen LogP contribution in [0, 0.1) is 0 Å². The van der Waals surface area contributed by atoms with E-state index in [-0.39, 0.29) is 4.90 Å². The summed E-state index contributed by atoms with van der Waals surface area (Å²) in [5, 5.41) is 8.74. The van der Waals surface area contributed by atoms with E-state index in [0.717, 1.165) is 6.92 Å². The van der Waals surface area contributed by atoms with Gasteiger partial charge >= 0.3 is 0 Å². The third kappa shape index (κ3) is 5.00. The predicted molar refractivity (Wildman–Crippen MR) is 40.3 cm³/mol. The average molecular weight is 217 g/mol. The molecule has 84 valence electrons. The highest BCUT2D eigenvalue weighted by molar-refractivity contribution is 5.80. The predicted octanol–water partition coefficient (Wildman–Crippen LogP) is 0.726. The second-order valence-corrected chi connectivity index (χ2v) is 2.70. The Morgan fingerprint density at radius 1 is 1.21 bits per heavy atom. The lowest BCUT2D eigenvalue weighted by atomic mass is 10.3.